The lowest BCUT2D eigenvalue weighted by Crippen LogP contribution is -2.55. The van der Waals surface area contributed by atoms with E-state index in [0.717, 1.165) is 49.6 Å². The molecule has 1 unspecified atom stereocenters. The maximum Gasteiger partial charge on any atom is 0.416 e. The van der Waals surface area contributed by atoms with Gasteiger partial charge in [0.2, 0.25) is 31.9 Å². The second-order valence-corrected chi connectivity index (χ2v) is 33.6. The minimum atomic E-state index is -3.66. The van der Waals surface area contributed by atoms with E-state index >= 15 is 0 Å². The molecule has 0 fully saturated rings. The van der Waals surface area contributed by atoms with Gasteiger partial charge in [0.25, 0.3) is 11.8 Å². The van der Waals surface area contributed by atoms with Crippen molar-refractivity contribution in [3.8, 4) is 34.5 Å². The Balaban J connectivity index is 0.000000189. The first-order chi connectivity index (χ1) is 58.0. The Morgan fingerprint density at radius 2 is 1.02 bits per heavy atom. The molecule has 4 N–H and O–H groups in total. The minimum absolute atomic E-state index is 0.0296. The zero-order valence-electron chi connectivity index (χ0n) is 65.9. The van der Waals surface area contributed by atoms with Crippen LogP contribution >= 0.6 is 23.2 Å². The average Bonchev–Trinajstić information content (AvgIpc) is 1.60. The molecule has 8 heterocycles. The zero-order valence-corrected chi connectivity index (χ0v) is 69.1. The molecule has 0 bridgehead atoms. The minimum Gasteiger partial charge on any atom is -0.507 e. The highest BCUT2D eigenvalue weighted by Gasteiger charge is 2.47. The maximum atomic E-state index is 14.5. The summed E-state index contributed by atoms with van der Waals surface area (Å²) < 4.78 is 89.3. The van der Waals surface area contributed by atoms with Crippen LogP contribution in [0.25, 0.3) is 32.7 Å². The number of nitrogens with zero attached hydrogens (tertiary/aromatic N) is 8. The number of nitrogens with one attached hydrogen (secondary N) is 2. The number of carbonyl (C=O) groups is 5. The molecule has 27 nitrogen and oxygen atoms in total. The van der Waals surface area contributed by atoms with Crippen molar-refractivity contribution in [1.82, 2.24) is 29.2 Å². The van der Waals surface area contributed by atoms with E-state index in [1.54, 1.807) is 117 Å². The molecule has 0 saturated carbocycles. The molecule has 16 rings (SSSR count). The van der Waals surface area contributed by atoms with Crippen LogP contribution < -0.4 is 43.1 Å². The largest absolute Gasteiger partial charge is 0.507 e. The lowest BCUT2D eigenvalue weighted by molar-refractivity contribution is -0.118. The predicted octanol–water partition coefficient (Wildman–Crippen LogP) is 13.1. The van der Waals surface area contributed by atoms with Gasteiger partial charge in [-0.3, -0.25) is 34.1 Å². The maximum absolute atomic E-state index is 14.5. The highest BCUT2D eigenvalue weighted by molar-refractivity contribution is 7.89. The Kier molecular flexibility index (Phi) is 24.2. The van der Waals surface area contributed by atoms with Gasteiger partial charge in [0.15, 0.2) is 29.2 Å². The number of carbonyl (C=O) groups excluding carboxylic acids is 5. The Labute approximate surface area is 702 Å². The number of anilines is 3. The van der Waals surface area contributed by atoms with Crippen molar-refractivity contribution in [3.05, 3.63) is 251 Å². The Morgan fingerprint density at radius 1 is 0.558 bits per heavy atom. The first kappa shape index (κ1) is 82.9. The van der Waals surface area contributed by atoms with Crippen molar-refractivity contribution in [3.63, 3.8) is 0 Å². The number of sulfonamides is 2. The Bertz CT molecular complexity index is 6090. The molecule has 0 spiro atoms. The summed E-state index contributed by atoms with van der Waals surface area (Å²) in [7, 11) is -0.114. The van der Waals surface area contributed by atoms with Crippen molar-refractivity contribution in [1.29, 1.82) is 0 Å². The Morgan fingerprint density at radius 3 is 1.51 bits per heavy atom. The summed E-state index contributed by atoms with van der Waals surface area (Å²) in [6.07, 6.45) is 5.98. The number of hydrogen-bond acceptors (Lipinski definition) is 20. The fourth-order valence-electron chi connectivity index (χ4n) is 16.3. The van der Waals surface area contributed by atoms with Crippen LogP contribution in [-0.4, -0.2) is 181 Å². The smallest absolute Gasteiger partial charge is 0.416 e. The van der Waals surface area contributed by atoms with Gasteiger partial charge in [0.05, 0.1) is 106 Å². The summed E-state index contributed by atoms with van der Waals surface area (Å²) in [5, 5.41) is 24.8. The molecule has 8 aromatic carbocycles. The molecular weight excluding hydrogens is 1620 g/mol. The van der Waals surface area contributed by atoms with Gasteiger partial charge in [0, 0.05) is 98.1 Å². The van der Waals surface area contributed by atoms with Crippen molar-refractivity contribution in [2.75, 3.05) is 94.7 Å². The van der Waals surface area contributed by atoms with Crippen LogP contribution in [0.15, 0.2) is 209 Å². The molecule has 5 atom stereocenters. The number of ether oxygens (including phenoxy) is 6. The highest BCUT2D eigenvalue weighted by Crippen LogP contribution is 2.49. The van der Waals surface area contributed by atoms with Crippen molar-refractivity contribution >= 4 is 135 Å². The summed E-state index contributed by atoms with van der Waals surface area (Å²) in [6, 6.07) is 47.5. The normalized spacial score (nSPS) is 17.9. The molecule has 5 amide bonds. The molecule has 0 saturated heterocycles. The number of aromatic nitrogens is 2. The van der Waals surface area contributed by atoms with Gasteiger partial charge >= 0.3 is 6.09 Å². The van der Waals surface area contributed by atoms with Gasteiger partial charge in [-0.1, -0.05) is 110 Å². The number of benzene rings is 8. The fraction of sp³-hybridized carbons (Fsp3) is 0.258. The van der Waals surface area contributed by atoms with E-state index in [4.69, 9.17) is 66.6 Å². The van der Waals surface area contributed by atoms with E-state index in [0.29, 0.717) is 100 Å². The molecule has 0 radical (unpaired) electrons. The topological polar surface area (TPSA) is 328 Å². The first-order valence-corrected chi connectivity index (χ1v) is 42.6. The number of methoxy groups -OCH3 is 3. The summed E-state index contributed by atoms with van der Waals surface area (Å²) in [5.41, 5.74) is 9.86. The summed E-state index contributed by atoms with van der Waals surface area (Å²) in [4.78, 5) is 92.4. The lowest BCUT2D eigenvalue weighted by atomic mass is 9.93. The molecule has 10 aromatic rings. The second-order valence-electron chi connectivity index (χ2n) is 29.2. The van der Waals surface area contributed by atoms with Crippen molar-refractivity contribution in [2.45, 2.75) is 78.8 Å². The number of aromatic hydroxyl groups is 2. The third-order valence-corrected chi connectivity index (χ3v) is 25.9. The summed E-state index contributed by atoms with van der Waals surface area (Å²) in [5.74, 6) is 0.830. The van der Waals surface area contributed by atoms with E-state index in [1.807, 2.05) is 66.7 Å². The van der Waals surface area contributed by atoms with Gasteiger partial charge < -0.3 is 58.2 Å². The molecule has 0 aliphatic carbocycles. The van der Waals surface area contributed by atoms with Gasteiger partial charge in [-0.05, 0) is 132 Å². The molecule has 618 valence electrons. The van der Waals surface area contributed by atoms with E-state index in [9.17, 15) is 51.0 Å². The number of halogens is 2. The lowest BCUT2D eigenvalue weighted by Gasteiger charge is -2.40. The zero-order chi connectivity index (χ0) is 84.4. The highest BCUT2D eigenvalue weighted by atomic mass is 35.5. The number of hydrogen-bond donors (Lipinski definition) is 4. The van der Waals surface area contributed by atoms with Crippen molar-refractivity contribution in [2.24, 2.45) is 4.99 Å². The van der Waals surface area contributed by atoms with Crippen LogP contribution in [0.5, 0.6) is 34.5 Å². The molecule has 120 heavy (non-hydrogen) atoms. The summed E-state index contributed by atoms with van der Waals surface area (Å²) >= 11 is 12.8. The first-order valence-electron chi connectivity index (χ1n) is 38.5. The van der Waals surface area contributed by atoms with Crippen LogP contribution in [0.1, 0.15) is 90.4 Å². The SMILES string of the molecule is C=CCOC(=O)N1c2cc(OCc3cccc(CC(=O)N4C[C@@H](CCl)c5c4cc(O)c4ccccc54)n3)c(OC)cc2C(=O)N2CC=C(c3ccc(S(=O)(=O)NC)cc3)C[C@H]2C1OC.CNS(=O)(=O)c1ccc(C2=CCN3C(=O)c4cc(OC)c(OCc5cccc(CC(=O)N6C[C@@H](CCl)c7c6cc(O)c6ccccc76)n5)cc4N=C[C@@H]3C2)cc1. The quantitative estimate of drug-likeness (QED) is 0.0341. The molecule has 6 aliphatic heterocycles. The number of rotatable bonds is 23. The van der Waals surface area contributed by atoms with Crippen LogP contribution in [0, 0.1) is 0 Å². The number of pyridine rings is 2. The van der Waals surface area contributed by atoms with Gasteiger partial charge in [-0.15, -0.1) is 23.2 Å². The Hall–Kier alpha value is -12.2. The number of fused-ring (bicyclic) bond motifs is 10. The second kappa shape index (κ2) is 35.0. The van der Waals surface area contributed by atoms with Crippen LogP contribution in [-0.2, 0) is 65.2 Å². The number of amides is 5. The van der Waals surface area contributed by atoms with Gasteiger partial charge in [-0.25, -0.2) is 36.0 Å². The third kappa shape index (κ3) is 16.3. The third-order valence-electron chi connectivity index (χ3n) is 22.3. The van der Waals surface area contributed by atoms with Crippen LogP contribution in [0.2, 0.25) is 0 Å². The molecule has 6 aliphatic rings. The van der Waals surface area contributed by atoms with Crippen molar-refractivity contribution < 1.29 is 79.4 Å². The monoisotopic (exact) mass is 1700 g/mol. The molecule has 31 heteroatoms. The van der Waals surface area contributed by atoms with E-state index in [1.165, 1.54) is 70.7 Å². The van der Waals surface area contributed by atoms with E-state index in [-0.39, 0.29) is 125 Å². The van der Waals surface area contributed by atoms with Gasteiger partial charge in [-0.2, -0.15) is 0 Å². The standard InChI is InChI=1S/C47H46ClN5O10S.C42H38ClN5O7S/c1-5-19-62-47(57)53-37-24-42(41(60-3)22-36(37)45(56)51-18-17-29(20-39(51)46(53)61-4)28-13-15-33(16-14-28)64(58,59)49-2)63-27-32-10-8-9-31(50-32)21-43(55)52-26-30(25-48)44-35-12-7-6-11-34(35)40(54)23-38(44)52;1-44-56(52,53)31-12-10-25(11-13-31)26-14-15-47-30(16-26)22-45-35-19-39(38(54-2)18-34(35)42(47)51)55-24-29-7-5-6-28(46-29)17-40(50)48-23-27(21-43)41-33-9-4-3-8-32(33)37(49)20-36(41)48/h5-17,22-24,30,39,46,49,54H,1,18-21,25-27H2,2-4H3;3-14,18-20,22,27,30,44,49H,15-17,21,23-24H2,1-2H3/t30-,39+,46?;27-,30+/m11/s1. The molecule has 2 aromatic heterocycles. The van der Waals surface area contributed by atoms with E-state index in [2.05, 4.69) is 16.0 Å². The van der Waals surface area contributed by atoms with E-state index < -0.39 is 44.3 Å². The number of alkyl halides is 2. The molecular formula is C89H84Cl2N10O17S2. The predicted molar refractivity (Wildman–Crippen MR) is 457 cm³/mol. The number of aliphatic imine (C=N–C) groups is 1. The van der Waals surface area contributed by atoms with Gasteiger partial charge in [0.1, 0.15) is 31.3 Å². The van der Waals surface area contributed by atoms with Crippen LogP contribution in [0.3, 0.4) is 0 Å². The van der Waals surface area contributed by atoms with Crippen LogP contribution in [0.4, 0.5) is 27.5 Å². The number of phenols is 2. The summed E-state index contributed by atoms with van der Waals surface area (Å²) in [6.45, 7) is 4.83. The fourth-order valence-corrected chi connectivity index (χ4v) is 18.3. The number of phenolic OH excluding ortho intramolecular Hbond substituents is 2. The average molecular weight is 1700 g/mol.